The van der Waals surface area contributed by atoms with Crippen molar-refractivity contribution in [3.63, 3.8) is 0 Å². The topological polar surface area (TPSA) is 88.4 Å². The molecule has 2 aromatic rings. The highest BCUT2D eigenvalue weighted by Gasteiger charge is 2.45. The van der Waals surface area contributed by atoms with E-state index in [2.05, 4.69) is 0 Å². The van der Waals surface area contributed by atoms with Crippen LogP contribution >= 0.6 is 0 Å². The Morgan fingerprint density at radius 2 is 1.71 bits per heavy atom. The van der Waals surface area contributed by atoms with Gasteiger partial charge >= 0.3 is 0 Å². The Hall–Kier alpha value is -1.96. The Bertz CT molecular complexity index is 773. The maximum atomic E-state index is 10.6. The number of benzene rings is 2. The van der Waals surface area contributed by atoms with Crippen LogP contribution < -0.4 is 4.74 Å². The highest BCUT2D eigenvalue weighted by atomic mass is 16.6. The van der Waals surface area contributed by atoms with Crippen molar-refractivity contribution in [3.05, 3.63) is 64.7 Å². The number of aliphatic hydroxyl groups is 3. The molecule has 1 heterocycles. The molecule has 0 aliphatic carbocycles. The Kier molecular flexibility index (Phi) is 6.69. The lowest BCUT2D eigenvalue weighted by Gasteiger charge is -2.42. The summed E-state index contributed by atoms with van der Waals surface area (Å²) in [6.07, 6.45) is -3.80. The Morgan fingerprint density at radius 3 is 2.32 bits per heavy atom. The molecule has 1 saturated heterocycles. The SMILES string of the molecule is COc1ccc(Cc2cc([C@@H]3O[C@H](CO)[C@@H](OC)[C@H](O)[C@H]3O)ccc2C)cc1. The van der Waals surface area contributed by atoms with E-state index in [0.717, 1.165) is 34.4 Å². The zero-order valence-corrected chi connectivity index (χ0v) is 16.4. The Morgan fingerprint density at radius 1 is 1.00 bits per heavy atom. The molecule has 2 aromatic carbocycles. The predicted molar refractivity (Wildman–Crippen MR) is 104 cm³/mol. The average Bonchev–Trinajstić information content (AvgIpc) is 2.72. The van der Waals surface area contributed by atoms with E-state index >= 15 is 0 Å². The molecule has 6 nitrogen and oxygen atoms in total. The molecule has 0 unspecified atom stereocenters. The summed E-state index contributed by atoms with van der Waals surface area (Å²) in [5, 5.41) is 30.6. The van der Waals surface area contributed by atoms with Crippen molar-refractivity contribution in [2.45, 2.75) is 43.9 Å². The number of hydrogen-bond acceptors (Lipinski definition) is 6. The maximum Gasteiger partial charge on any atom is 0.118 e. The second kappa shape index (κ2) is 9.03. The summed E-state index contributed by atoms with van der Waals surface area (Å²) < 4.78 is 16.3. The number of aryl methyl sites for hydroxylation is 1. The molecule has 28 heavy (non-hydrogen) atoms. The molecular weight excluding hydrogens is 360 g/mol. The minimum Gasteiger partial charge on any atom is -0.497 e. The number of rotatable bonds is 6. The van der Waals surface area contributed by atoms with E-state index < -0.39 is 30.5 Å². The summed E-state index contributed by atoms with van der Waals surface area (Å²) in [6, 6.07) is 13.7. The van der Waals surface area contributed by atoms with E-state index in [-0.39, 0.29) is 6.61 Å². The first-order valence-electron chi connectivity index (χ1n) is 9.36. The fourth-order valence-corrected chi connectivity index (χ4v) is 3.68. The fraction of sp³-hybridized carbons (Fsp3) is 0.455. The van der Waals surface area contributed by atoms with Gasteiger partial charge in [0.05, 0.1) is 13.7 Å². The molecule has 1 aliphatic rings. The van der Waals surface area contributed by atoms with E-state index in [4.69, 9.17) is 14.2 Å². The zero-order valence-electron chi connectivity index (χ0n) is 16.4. The van der Waals surface area contributed by atoms with Crippen LogP contribution in [0.15, 0.2) is 42.5 Å². The predicted octanol–water partition coefficient (Wildman–Crippen LogP) is 1.76. The third kappa shape index (κ3) is 4.21. The van der Waals surface area contributed by atoms with Crippen LogP contribution in [0, 0.1) is 6.92 Å². The summed E-state index contributed by atoms with van der Waals surface area (Å²) in [4.78, 5) is 0. The van der Waals surface area contributed by atoms with Gasteiger partial charge in [-0.1, -0.05) is 30.3 Å². The van der Waals surface area contributed by atoms with Gasteiger partial charge in [-0.05, 0) is 47.7 Å². The standard InChI is InChI=1S/C22H28O6/c1-13-4-7-15(11-16(13)10-14-5-8-17(26-2)9-6-14)21-19(24)20(25)22(27-3)18(12-23)28-21/h4-9,11,18-25H,10,12H2,1-3H3/t18-,19-,20-,21+,22-/m1/s1. The minimum absolute atomic E-state index is 0.302. The highest BCUT2D eigenvalue weighted by molar-refractivity contribution is 5.38. The van der Waals surface area contributed by atoms with Gasteiger partial charge in [0.25, 0.3) is 0 Å². The Labute approximate surface area is 165 Å². The van der Waals surface area contributed by atoms with Gasteiger partial charge < -0.3 is 29.5 Å². The minimum atomic E-state index is -1.15. The lowest BCUT2D eigenvalue weighted by molar-refractivity contribution is -0.238. The zero-order chi connectivity index (χ0) is 20.3. The molecular formula is C22H28O6. The number of aliphatic hydroxyl groups excluding tert-OH is 3. The molecule has 0 saturated carbocycles. The van der Waals surface area contributed by atoms with Gasteiger partial charge in [0, 0.05) is 7.11 Å². The first kappa shape index (κ1) is 20.8. The van der Waals surface area contributed by atoms with Crippen molar-refractivity contribution < 1.29 is 29.5 Å². The lowest BCUT2D eigenvalue weighted by Crippen LogP contribution is -2.56. The third-order valence-electron chi connectivity index (χ3n) is 5.39. The molecule has 0 radical (unpaired) electrons. The van der Waals surface area contributed by atoms with Gasteiger partial charge in [-0.3, -0.25) is 0 Å². The smallest absolute Gasteiger partial charge is 0.118 e. The van der Waals surface area contributed by atoms with Crippen LogP contribution in [0.5, 0.6) is 5.75 Å². The number of ether oxygens (including phenoxy) is 3. The van der Waals surface area contributed by atoms with Gasteiger partial charge in [-0.15, -0.1) is 0 Å². The van der Waals surface area contributed by atoms with Crippen LogP contribution in [0.4, 0.5) is 0 Å². The van der Waals surface area contributed by atoms with Gasteiger partial charge in [-0.2, -0.15) is 0 Å². The normalized spacial score (nSPS) is 27.6. The van der Waals surface area contributed by atoms with Gasteiger partial charge in [-0.25, -0.2) is 0 Å². The van der Waals surface area contributed by atoms with Crippen LogP contribution in [0.3, 0.4) is 0 Å². The van der Waals surface area contributed by atoms with Crippen LogP contribution in [0.1, 0.15) is 28.4 Å². The molecule has 3 rings (SSSR count). The molecule has 0 bridgehead atoms. The molecule has 0 aromatic heterocycles. The van der Waals surface area contributed by atoms with Crippen LogP contribution in [-0.2, 0) is 15.9 Å². The van der Waals surface area contributed by atoms with Gasteiger partial charge in [0.15, 0.2) is 0 Å². The second-order valence-corrected chi connectivity index (χ2v) is 7.17. The monoisotopic (exact) mass is 388 g/mol. The molecule has 0 amide bonds. The lowest BCUT2D eigenvalue weighted by atomic mass is 9.89. The van der Waals surface area contributed by atoms with Crippen molar-refractivity contribution >= 4 is 0 Å². The molecule has 0 spiro atoms. The number of hydrogen-bond donors (Lipinski definition) is 3. The highest BCUT2D eigenvalue weighted by Crippen LogP contribution is 2.34. The molecule has 5 atom stereocenters. The van der Waals surface area contributed by atoms with E-state index in [0.29, 0.717) is 0 Å². The Balaban J connectivity index is 1.85. The fourth-order valence-electron chi connectivity index (χ4n) is 3.68. The van der Waals surface area contributed by atoms with Crippen molar-refractivity contribution in [1.82, 2.24) is 0 Å². The molecule has 6 heteroatoms. The largest absolute Gasteiger partial charge is 0.497 e. The van der Waals surface area contributed by atoms with E-state index in [1.807, 2.05) is 49.4 Å². The third-order valence-corrected chi connectivity index (χ3v) is 5.39. The van der Waals surface area contributed by atoms with Crippen molar-refractivity contribution in [2.24, 2.45) is 0 Å². The van der Waals surface area contributed by atoms with Crippen molar-refractivity contribution in [3.8, 4) is 5.75 Å². The number of methoxy groups -OCH3 is 2. The summed E-state index contributed by atoms with van der Waals surface area (Å²) >= 11 is 0. The van der Waals surface area contributed by atoms with Crippen LogP contribution in [0.25, 0.3) is 0 Å². The van der Waals surface area contributed by atoms with Crippen molar-refractivity contribution in [1.29, 1.82) is 0 Å². The first-order valence-corrected chi connectivity index (χ1v) is 9.36. The summed E-state index contributed by atoms with van der Waals surface area (Å²) in [5.74, 6) is 0.810. The summed E-state index contributed by atoms with van der Waals surface area (Å²) in [7, 11) is 3.06. The van der Waals surface area contributed by atoms with Crippen LogP contribution in [0.2, 0.25) is 0 Å². The molecule has 1 aliphatic heterocycles. The summed E-state index contributed by atoms with van der Waals surface area (Å²) in [5.41, 5.74) is 4.12. The van der Waals surface area contributed by atoms with Crippen LogP contribution in [-0.4, -0.2) is 60.6 Å². The maximum absolute atomic E-state index is 10.6. The molecule has 3 N–H and O–H groups in total. The van der Waals surface area contributed by atoms with E-state index in [9.17, 15) is 15.3 Å². The van der Waals surface area contributed by atoms with Gasteiger partial charge in [0.1, 0.15) is 36.3 Å². The quantitative estimate of drug-likeness (QED) is 0.699. The van der Waals surface area contributed by atoms with Gasteiger partial charge in [0.2, 0.25) is 0 Å². The molecule has 1 fully saturated rings. The summed E-state index contributed by atoms with van der Waals surface area (Å²) in [6.45, 7) is 1.73. The van der Waals surface area contributed by atoms with E-state index in [1.54, 1.807) is 7.11 Å². The molecule has 152 valence electrons. The second-order valence-electron chi connectivity index (χ2n) is 7.17. The van der Waals surface area contributed by atoms with E-state index in [1.165, 1.54) is 7.11 Å². The van der Waals surface area contributed by atoms with Crippen molar-refractivity contribution in [2.75, 3.05) is 20.8 Å². The first-order chi connectivity index (χ1) is 13.5. The average molecular weight is 388 g/mol.